The van der Waals surface area contributed by atoms with E-state index < -0.39 is 0 Å². The summed E-state index contributed by atoms with van der Waals surface area (Å²) in [5, 5.41) is 11.6. The van der Waals surface area contributed by atoms with Crippen LogP contribution in [-0.2, 0) is 6.54 Å². The summed E-state index contributed by atoms with van der Waals surface area (Å²) in [6.45, 7) is 0.411. The summed E-state index contributed by atoms with van der Waals surface area (Å²) in [5.74, 6) is 0.397. The van der Waals surface area contributed by atoms with Crippen molar-refractivity contribution in [2.24, 2.45) is 5.92 Å². The fourth-order valence-electron chi connectivity index (χ4n) is 2.21. The van der Waals surface area contributed by atoms with Crippen LogP contribution < -0.4 is 5.56 Å². The molecule has 1 fully saturated rings. The molecule has 2 aromatic rings. The topological polar surface area (TPSA) is 42.2 Å². The highest BCUT2D eigenvalue weighted by atomic mass is 16.3. The third-order valence-electron chi connectivity index (χ3n) is 3.44. The molecule has 1 aromatic carbocycles. The molecule has 1 heterocycles. The summed E-state index contributed by atoms with van der Waals surface area (Å²) in [6.07, 6.45) is 3.57. The smallest absolute Gasteiger partial charge is 0.258 e. The van der Waals surface area contributed by atoms with Gasteiger partial charge in [-0.15, -0.1) is 0 Å². The van der Waals surface area contributed by atoms with Gasteiger partial charge in [-0.05, 0) is 36.3 Å². The molecule has 17 heavy (non-hydrogen) atoms. The average molecular weight is 229 g/mol. The lowest BCUT2D eigenvalue weighted by Crippen LogP contribution is -2.27. The van der Waals surface area contributed by atoms with Crippen LogP contribution in [0.2, 0.25) is 0 Å². The van der Waals surface area contributed by atoms with Crippen LogP contribution in [0.15, 0.2) is 41.3 Å². The molecule has 1 aromatic heterocycles. The molecule has 1 atom stereocenters. The molecule has 1 N–H and O–H groups in total. The summed E-state index contributed by atoms with van der Waals surface area (Å²) in [4.78, 5) is 12.2. The number of nitrogens with zero attached hydrogens (tertiary/aromatic N) is 1. The zero-order chi connectivity index (χ0) is 11.8. The van der Waals surface area contributed by atoms with Crippen molar-refractivity contribution >= 4 is 10.8 Å². The lowest BCUT2D eigenvalue weighted by atomic mass is 10.1. The third-order valence-corrected chi connectivity index (χ3v) is 3.44. The first kappa shape index (κ1) is 10.5. The molecule has 0 spiro atoms. The SMILES string of the molecule is O=c1c2ccccc2ccn1CC(O)C1CC1. The van der Waals surface area contributed by atoms with Crippen molar-refractivity contribution in [1.29, 1.82) is 0 Å². The first-order valence-electron chi connectivity index (χ1n) is 6.02. The van der Waals surface area contributed by atoms with Crippen LogP contribution in [0.3, 0.4) is 0 Å². The molecule has 0 radical (unpaired) electrons. The summed E-state index contributed by atoms with van der Waals surface area (Å²) in [7, 11) is 0. The highest BCUT2D eigenvalue weighted by Gasteiger charge is 2.29. The Bertz CT molecular complexity index is 598. The van der Waals surface area contributed by atoms with Gasteiger partial charge in [0.2, 0.25) is 0 Å². The zero-order valence-corrected chi connectivity index (χ0v) is 9.54. The van der Waals surface area contributed by atoms with Gasteiger partial charge in [-0.2, -0.15) is 0 Å². The number of hydrogen-bond donors (Lipinski definition) is 1. The molecule has 3 heteroatoms. The van der Waals surface area contributed by atoms with Crippen LogP contribution in [0, 0.1) is 5.92 Å². The predicted molar refractivity (Wildman–Crippen MR) is 66.9 cm³/mol. The van der Waals surface area contributed by atoms with Crippen molar-refractivity contribution in [3.63, 3.8) is 0 Å². The van der Waals surface area contributed by atoms with Crippen LogP contribution in [0.1, 0.15) is 12.8 Å². The van der Waals surface area contributed by atoms with Gasteiger partial charge in [-0.25, -0.2) is 0 Å². The number of hydrogen-bond acceptors (Lipinski definition) is 2. The highest BCUT2D eigenvalue weighted by Crippen LogP contribution is 2.33. The van der Waals surface area contributed by atoms with Gasteiger partial charge >= 0.3 is 0 Å². The molecule has 1 unspecified atom stereocenters. The second-order valence-corrected chi connectivity index (χ2v) is 4.77. The fraction of sp³-hybridized carbons (Fsp3) is 0.357. The third kappa shape index (κ3) is 1.98. The number of aliphatic hydroxyl groups excluding tert-OH is 1. The molecule has 88 valence electrons. The van der Waals surface area contributed by atoms with Gasteiger partial charge in [0, 0.05) is 11.6 Å². The van der Waals surface area contributed by atoms with Crippen LogP contribution in [0.4, 0.5) is 0 Å². The van der Waals surface area contributed by atoms with E-state index in [2.05, 4.69) is 0 Å². The van der Waals surface area contributed by atoms with Crippen molar-refractivity contribution in [3.05, 3.63) is 46.9 Å². The van der Waals surface area contributed by atoms with E-state index in [1.807, 2.05) is 30.3 Å². The fourth-order valence-corrected chi connectivity index (χ4v) is 2.21. The number of rotatable bonds is 3. The van der Waals surface area contributed by atoms with Gasteiger partial charge in [-0.1, -0.05) is 18.2 Å². The predicted octanol–water partition coefficient (Wildman–Crippen LogP) is 1.77. The number of fused-ring (bicyclic) bond motifs is 1. The highest BCUT2D eigenvalue weighted by molar-refractivity contribution is 5.81. The Morgan fingerprint density at radius 2 is 2.06 bits per heavy atom. The first-order valence-corrected chi connectivity index (χ1v) is 6.02. The molecular weight excluding hydrogens is 214 g/mol. The largest absolute Gasteiger partial charge is 0.391 e. The average Bonchev–Trinajstić information content (AvgIpc) is 3.17. The monoisotopic (exact) mass is 229 g/mol. The quantitative estimate of drug-likeness (QED) is 0.871. The summed E-state index contributed by atoms with van der Waals surface area (Å²) in [6, 6.07) is 9.48. The Morgan fingerprint density at radius 3 is 2.82 bits per heavy atom. The molecule has 0 amide bonds. The first-order chi connectivity index (χ1) is 8.25. The Balaban J connectivity index is 1.99. The Kier molecular flexibility index (Phi) is 2.48. The minimum atomic E-state index is -0.381. The van der Waals surface area contributed by atoms with Gasteiger partial charge in [-0.3, -0.25) is 4.79 Å². The molecule has 1 aliphatic carbocycles. The van der Waals surface area contributed by atoms with E-state index in [1.54, 1.807) is 10.8 Å². The number of pyridine rings is 1. The van der Waals surface area contributed by atoms with E-state index in [9.17, 15) is 9.90 Å². The van der Waals surface area contributed by atoms with Crippen molar-refractivity contribution in [2.45, 2.75) is 25.5 Å². The van der Waals surface area contributed by atoms with Crippen molar-refractivity contribution in [3.8, 4) is 0 Å². The van der Waals surface area contributed by atoms with E-state index in [1.165, 1.54) is 0 Å². The van der Waals surface area contributed by atoms with Gasteiger partial charge < -0.3 is 9.67 Å². The summed E-state index contributed by atoms with van der Waals surface area (Å²) >= 11 is 0. The van der Waals surface area contributed by atoms with Gasteiger partial charge in [0.05, 0.1) is 12.6 Å². The molecule has 3 nitrogen and oxygen atoms in total. The second-order valence-electron chi connectivity index (χ2n) is 4.77. The van der Waals surface area contributed by atoms with E-state index in [0.717, 1.165) is 23.6 Å². The maximum Gasteiger partial charge on any atom is 0.258 e. The van der Waals surface area contributed by atoms with Crippen LogP contribution >= 0.6 is 0 Å². The maximum atomic E-state index is 12.2. The minimum absolute atomic E-state index is 0.0113. The molecule has 1 saturated carbocycles. The van der Waals surface area contributed by atoms with Crippen LogP contribution in [0.25, 0.3) is 10.8 Å². The van der Waals surface area contributed by atoms with Crippen molar-refractivity contribution in [1.82, 2.24) is 4.57 Å². The number of aliphatic hydroxyl groups is 1. The Morgan fingerprint density at radius 1 is 1.29 bits per heavy atom. The van der Waals surface area contributed by atoms with Crippen molar-refractivity contribution in [2.75, 3.05) is 0 Å². The molecule has 0 aliphatic heterocycles. The summed E-state index contributed by atoms with van der Waals surface area (Å²) in [5.41, 5.74) is -0.0113. The molecular formula is C14H15NO2. The van der Waals surface area contributed by atoms with Crippen LogP contribution in [0.5, 0.6) is 0 Å². The summed E-state index contributed by atoms with van der Waals surface area (Å²) < 4.78 is 1.62. The van der Waals surface area contributed by atoms with E-state index in [0.29, 0.717) is 12.5 Å². The lowest BCUT2D eigenvalue weighted by Gasteiger charge is -2.12. The molecule has 1 aliphatic rings. The second kappa shape index (κ2) is 4.00. The van der Waals surface area contributed by atoms with Crippen molar-refractivity contribution < 1.29 is 5.11 Å². The minimum Gasteiger partial charge on any atom is -0.391 e. The molecule has 0 bridgehead atoms. The number of benzene rings is 1. The molecule has 3 rings (SSSR count). The maximum absolute atomic E-state index is 12.2. The van der Waals surface area contributed by atoms with Crippen LogP contribution in [-0.4, -0.2) is 15.8 Å². The van der Waals surface area contributed by atoms with Gasteiger partial charge in [0.1, 0.15) is 0 Å². The Hall–Kier alpha value is -1.61. The zero-order valence-electron chi connectivity index (χ0n) is 9.54. The van der Waals surface area contributed by atoms with Gasteiger partial charge in [0.15, 0.2) is 0 Å². The Labute approximate surface area is 99.3 Å². The normalized spacial score (nSPS) is 17.2. The standard InChI is InChI=1S/C14H15NO2/c16-13(11-5-6-11)9-15-8-7-10-3-1-2-4-12(10)14(15)17/h1-4,7-8,11,13,16H,5-6,9H2. The van der Waals surface area contributed by atoms with Gasteiger partial charge in [0.25, 0.3) is 5.56 Å². The van der Waals surface area contributed by atoms with E-state index in [-0.39, 0.29) is 11.7 Å². The molecule has 0 saturated heterocycles. The van der Waals surface area contributed by atoms with E-state index >= 15 is 0 Å². The lowest BCUT2D eigenvalue weighted by molar-refractivity contribution is 0.130. The number of aromatic nitrogens is 1. The van der Waals surface area contributed by atoms with E-state index in [4.69, 9.17) is 0 Å².